The number of carbonyl (C=O) groups excluding carboxylic acids is 1. The molecule has 1 aliphatic heterocycles. The third kappa shape index (κ3) is 1.83. The lowest BCUT2D eigenvalue weighted by atomic mass is 10.2. The van der Waals surface area contributed by atoms with E-state index in [2.05, 4.69) is 10.6 Å². The van der Waals surface area contributed by atoms with Crippen LogP contribution in [-0.2, 0) is 0 Å². The van der Waals surface area contributed by atoms with Crippen molar-refractivity contribution in [1.82, 2.24) is 5.32 Å². The summed E-state index contributed by atoms with van der Waals surface area (Å²) >= 11 is 0. The van der Waals surface area contributed by atoms with Crippen molar-refractivity contribution in [2.45, 2.75) is 18.9 Å². The molecule has 0 spiro atoms. The minimum atomic E-state index is 0.00269. The molecule has 1 aliphatic carbocycles. The second kappa shape index (κ2) is 3.70. The Bertz CT molecular complexity index is 397. The predicted octanol–water partition coefficient (Wildman–Crippen LogP) is 1.79. The van der Waals surface area contributed by atoms with Crippen LogP contribution >= 0.6 is 0 Å². The second-order valence-corrected chi connectivity index (χ2v) is 4.35. The molecule has 84 valence electrons. The molecule has 0 aromatic heterocycles. The number of hydrogen-bond donors (Lipinski definition) is 2. The van der Waals surface area contributed by atoms with Crippen LogP contribution in [0.1, 0.15) is 12.8 Å². The fraction of sp³-hybridized carbons (Fsp3) is 0.417. The highest BCUT2D eigenvalue weighted by Crippen LogP contribution is 2.26. The van der Waals surface area contributed by atoms with E-state index in [1.807, 2.05) is 24.3 Å². The molecule has 0 bridgehead atoms. The van der Waals surface area contributed by atoms with Crippen molar-refractivity contribution in [2.75, 3.05) is 23.3 Å². The Labute approximate surface area is 94.6 Å². The maximum atomic E-state index is 11.4. The molecule has 16 heavy (non-hydrogen) atoms. The SMILES string of the molecule is O=C1NCCN1c1ccc(NC2CC2)cc1. The number of carbonyl (C=O) groups is 1. The topological polar surface area (TPSA) is 44.4 Å². The number of nitrogens with one attached hydrogen (secondary N) is 2. The normalized spacial score (nSPS) is 19.8. The summed E-state index contributed by atoms with van der Waals surface area (Å²) in [5, 5.41) is 6.22. The zero-order valence-electron chi connectivity index (χ0n) is 9.07. The van der Waals surface area contributed by atoms with Crippen molar-refractivity contribution >= 4 is 17.4 Å². The van der Waals surface area contributed by atoms with Gasteiger partial charge in [0, 0.05) is 30.5 Å². The first-order valence-electron chi connectivity index (χ1n) is 5.75. The fourth-order valence-corrected chi connectivity index (χ4v) is 1.92. The third-order valence-corrected chi connectivity index (χ3v) is 2.98. The number of anilines is 2. The predicted molar refractivity (Wildman–Crippen MR) is 63.8 cm³/mol. The molecular formula is C12H15N3O. The highest BCUT2D eigenvalue weighted by atomic mass is 16.2. The molecule has 0 radical (unpaired) electrons. The highest BCUT2D eigenvalue weighted by Gasteiger charge is 2.22. The maximum absolute atomic E-state index is 11.4. The van der Waals surface area contributed by atoms with Gasteiger partial charge in [0.1, 0.15) is 0 Å². The van der Waals surface area contributed by atoms with Crippen molar-refractivity contribution in [2.24, 2.45) is 0 Å². The van der Waals surface area contributed by atoms with Gasteiger partial charge in [-0.25, -0.2) is 4.79 Å². The molecule has 3 rings (SSSR count). The summed E-state index contributed by atoms with van der Waals surface area (Å²) < 4.78 is 0. The van der Waals surface area contributed by atoms with Crippen molar-refractivity contribution < 1.29 is 4.79 Å². The molecular weight excluding hydrogens is 202 g/mol. The van der Waals surface area contributed by atoms with E-state index in [4.69, 9.17) is 0 Å². The molecule has 2 fully saturated rings. The first-order valence-corrected chi connectivity index (χ1v) is 5.75. The molecule has 1 heterocycles. The summed E-state index contributed by atoms with van der Waals surface area (Å²) in [5.74, 6) is 0. The summed E-state index contributed by atoms with van der Waals surface area (Å²) in [6.45, 7) is 1.50. The smallest absolute Gasteiger partial charge is 0.321 e. The summed E-state index contributed by atoms with van der Waals surface area (Å²) in [6.07, 6.45) is 2.55. The number of hydrogen-bond acceptors (Lipinski definition) is 2. The van der Waals surface area contributed by atoms with Crippen LogP contribution in [0.4, 0.5) is 16.2 Å². The summed E-state index contributed by atoms with van der Waals surface area (Å²) in [5.41, 5.74) is 2.11. The standard InChI is InChI=1S/C12H15N3O/c16-12-13-7-8-15(12)11-5-3-10(4-6-11)14-9-1-2-9/h3-6,9,14H,1-2,7-8H2,(H,13,16). The van der Waals surface area contributed by atoms with Crippen molar-refractivity contribution in [3.8, 4) is 0 Å². The molecule has 2 aliphatic rings. The van der Waals surface area contributed by atoms with Gasteiger partial charge in [-0.3, -0.25) is 4.90 Å². The van der Waals surface area contributed by atoms with Crippen molar-refractivity contribution in [3.63, 3.8) is 0 Å². The van der Waals surface area contributed by atoms with Gasteiger partial charge in [-0.15, -0.1) is 0 Å². The average Bonchev–Trinajstić information content (AvgIpc) is 3.00. The molecule has 0 unspecified atom stereocenters. The number of nitrogens with zero attached hydrogens (tertiary/aromatic N) is 1. The first kappa shape index (κ1) is 9.51. The minimum Gasteiger partial charge on any atom is -0.382 e. The molecule has 4 nitrogen and oxygen atoms in total. The lowest BCUT2D eigenvalue weighted by molar-refractivity contribution is 0.252. The van der Waals surface area contributed by atoms with E-state index in [-0.39, 0.29) is 6.03 Å². The lowest BCUT2D eigenvalue weighted by Crippen LogP contribution is -2.27. The largest absolute Gasteiger partial charge is 0.382 e. The van der Waals surface area contributed by atoms with E-state index in [0.29, 0.717) is 6.04 Å². The monoisotopic (exact) mass is 217 g/mol. The van der Waals surface area contributed by atoms with Crippen LogP contribution in [-0.4, -0.2) is 25.2 Å². The number of urea groups is 1. The van der Waals surface area contributed by atoms with Gasteiger partial charge in [-0.2, -0.15) is 0 Å². The van der Waals surface area contributed by atoms with Crippen molar-refractivity contribution in [1.29, 1.82) is 0 Å². The molecule has 0 atom stereocenters. The average molecular weight is 217 g/mol. The highest BCUT2D eigenvalue weighted by molar-refractivity contribution is 5.94. The Morgan fingerprint density at radius 2 is 2.00 bits per heavy atom. The van der Waals surface area contributed by atoms with Crippen LogP contribution in [0.2, 0.25) is 0 Å². The van der Waals surface area contributed by atoms with Gasteiger partial charge in [0.25, 0.3) is 0 Å². The molecule has 2 amide bonds. The minimum absolute atomic E-state index is 0.00269. The van der Waals surface area contributed by atoms with E-state index in [1.165, 1.54) is 12.8 Å². The Hall–Kier alpha value is -1.71. The van der Waals surface area contributed by atoms with Crippen LogP contribution in [0.25, 0.3) is 0 Å². The molecule has 1 saturated heterocycles. The summed E-state index contributed by atoms with van der Waals surface area (Å²) in [6, 6.07) is 8.74. The van der Waals surface area contributed by atoms with Crippen LogP contribution in [0.3, 0.4) is 0 Å². The van der Waals surface area contributed by atoms with Gasteiger partial charge in [0.2, 0.25) is 0 Å². The molecule has 1 aromatic carbocycles. The Balaban J connectivity index is 1.73. The third-order valence-electron chi connectivity index (χ3n) is 2.98. The van der Waals surface area contributed by atoms with Crippen molar-refractivity contribution in [3.05, 3.63) is 24.3 Å². The molecule has 4 heteroatoms. The summed E-state index contributed by atoms with van der Waals surface area (Å²) in [7, 11) is 0. The fourth-order valence-electron chi connectivity index (χ4n) is 1.92. The molecule has 2 N–H and O–H groups in total. The Morgan fingerprint density at radius 3 is 2.56 bits per heavy atom. The van der Waals surface area contributed by atoms with Crippen LogP contribution in [0.15, 0.2) is 24.3 Å². The van der Waals surface area contributed by atoms with Crippen LogP contribution in [0.5, 0.6) is 0 Å². The van der Waals surface area contributed by atoms with Gasteiger partial charge >= 0.3 is 6.03 Å². The van der Waals surface area contributed by atoms with Gasteiger partial charge in [0.15, 0.2) is 0 Å². The van der Waals surface area contributed by atoms with Gasteiger partial charge in [-0.05, 0) is 37.1 Å². The Kier molecular flexibility index (Phi) is 2.20. The van der Waals surface area contributed by atoms with E-state index in [9.17, 15) is 4.79 Å². The van der Waals surface area contributed by atoms with E-state index < -0.39 is 0 Å². The number of rotatable bonds is 3. The zero-order valence-corrected chi connectivity index (χ0v) is 9.07. The van der Waals surface area contributed by atoms with E-state index >= 15 is 0 Å². The lowest BCUT2D eigenvalue weighted by Gasteiger charge is -2.14. The Morgan fingerprint density at radius 1 is 1.25 bits per heavy atom. The number of amides is 2. The zero-order chi connectivity index (χ0) is 11.0. The van der Waals surface area contributed by atoms with Gasteiger partial charge in [-0.1, -0.05) is 0 Å². The number of benzene rings is 1. The quantitative estimate of drug-likeness (QED) is 0.810. The second-order valence-electron chi connectivity index (χ2n) is 4.35. The van der Waals surface area contributed by atoms with Gasteiger partial charge in [0.05, 0.1) is 0 Å². The van der Waals surface area contributed by atoms with E-state index in [0.717, 1.165) is 24.5 Å². The van der Waals surface area contributed by atoms with E-state index in [1.54, 1.807) is 4.90 Å². The first-order chi connectivity index (χ1) is 7.83. The van der Waals surface area contributed by atoms with Crippen LogP contribution in [0, 0.1) is 0 Å². The molecule has 1 aromatic rings. The molecule has 1 saturated carbocycles. The van der Waals surface area contributed by atoms with Gasteiger partial charge < -0.3 is 10.6 Å². The maximum Gasteiger partial charge on any atom is 0.321 e. The summed E-state index contributed by atoms with van der Waals surface area (Å²) in [4.78, 5) is 13.2. The van der Waals surface area contributed by atoms with Crippen LogP contribution < -0.4 is 15.5 Å².